The van der Waals surface area contributed by atoms with Crippen LogP contribution in [0, 0.1) is 12.8 Å². The Kier molecular flexibility index (Phi) is 6.98. The van der Waals surface area contributed by atoms with Crippen molar-refractivity contribution >= 4 is 28.8 Å². The van der Waals surface area contributed by atoms with Crippen LogP contribution in [-0.4, -0.2) is 41.6 Å². The summed E-state index contributed by atoms with van der Waals surface area (Å²) in [4.78, 5) is 46.8. The topological polar surface area (TPSA) is 135 Å². The molecular formula is C20H24N2O7. The molecule has 9 heteroatoms. The lowest BCUT2D eigenvalue weighted by Gasteiger charge is -2.21. The molecule has 2 rings (SSSR count). The van der Waals surface area contributed by atoms with Gasteiger partial charge in [0.05, 0.1) is 0 Å². The zero-order chi connectivity index (χ0) is 21.7. The predicted molar refractivity (Wildman–Crippen MR) is 105 cm³/mol. The predicted octanol–water partition coefficient (Wildman–Crippen LogP) is 1.21. The molecule has 1 heterocycles. The number of hydrogen-bond donors (Lipinski definition) is 3. The summed E-state index contributed by atoms with van der Waals surface area (Å²) in [5, 5.41) is 14.7. The molecule has 0 radical (unpaired) electrons. The Morgan fingerprint density at radius 1 is 1.14 bits per heavy atom. The number of carboxylic acid groups (broad SMARTS) is 1. The van der Waals surface area contributed by atoms with Gasteiger partial charge in [-0.3, -0.25) is 9.59 Å². The van der Waals surface area contributed by atoms with Crippen molar-refractivity contribution in [2.45, 2.75) is 39.8 Å². The van der Waals surface area contributed by atoms with Gasteiger partial charge in [-0.05, 0) is 37.5 Å². The number of carbonyl (C=O) groups excluding carboxylic acids is 2. The highest BCUT2D eigenvalue weighted by Crippen LogP contribution is 2.22. The molecule has 1 aromatic carbocycles. The third kappa shape index (κ3) is 5.81. The van der Waals surface area contributed by atoms with Crippen molar-refractivity contribution in [2.75, 3.05) is 6.61 Å². The Morgan fingerprint density at radius 3 is 2.45 bits per heavy atom. The third-order valence-corrected chi connectivity index (χ3v) is 4.29. The lowest BCUT2D eigenvalue weighted by molar-refractivity contribution is -0.143. The van der Waals surface area contributed by atoms with Crippen LogP contribution in [-0.2, 0) is 14.4 Å². The number of amides is 2. The van der Waals surface area contributed by atoms with Crippen molar-refractivity contribution in [1.82, 2.24) is 10.6 Å². The molecule has 0 aliphatic rings. The van der Waals surface area contributed by atoms with Gasteiger partial charge >= 0.3 is 11.6 Å². The van der Waals surface area contributed by atoms with Crippen molar-refractivity contribution in [3.8, 4) is 5.75 Å². The summed E-state index contributed by atoms with van der Waals surface area (Å²) in [6.07, 6.45) is 0. The number of aryl methyl sites for hydroxylation is 1. The number of benzene rings is 1. The zero-order valence-electron chi connectivity index (χ0n) is 16.6. The van der Waals surface area contributed by atoms with E-state index in [9.17, 15) is 19.2 Å². The maximum atomic E-state index is 12.1. The van der Waals surface area contributed by atoms with E-state index in [2.05, 4.69) is 10.6 Å². The maximum Gasteiger partial charge on any atom is 0.336 e. The molecule has 29 heavy (non-hydrogen) atoms. The first-order chi connectivity index (χ1) is 13.6. The summed E-state index contributed by atoms with van der Waals surface area (Å²) >= 11 is 0. The number of ether oxygens (including phenoxy) is 1. The van der Waals surface area contributed by atoms with Crippen LogP contribution in [0.2, 0.25) is 0 Å². The third-order valence-electron chi connectivity index (χ3n) is 4.29. The lowest BCUT2D eigenvalue weighted by Crippen LogP contribution is -2.52. The van der Waals surface area contributed by atoms with E-state index in [-0.39, 0.29) is 12.5 Å². The SMILES string of the molecule is Cc1cc(=O)oc2cc(OCC(=O)N[C@@H](C)C(=O)N[C@H](C(=O)O)C(C)C)ccc12. The largest absolute Gasteiger partial charge is 0.484 e. The van der Waals surface area contributed by atoms with Crippen LogP contribution in [0.25, 0.3) is 11.0 Å². The van der Waals surface area contributed by atoms with Crippen molar-refractivity contribution in [1.29, 1.82) is 0 Å². The summed E-state index contributed by atoms with van der Waals surface area (Å²) < 4.78 is 10.5. The molecule has 2 aromatic rings. The van der Waals surface area contributed by atoms with Crippen LogP contribution in [0.5, 0.6) is 5.75 Å². The van der Waals surface area contributed by atoms with E-state index in [0.29, 0.717) is 11.3 Å². The molecule has 0 aliphatic carbocycles. The first-order valence-electron chi connectivity index (χ1n) is 9.08. The van der Waals surface area contributed by atoms with Gasteiger partial charge in [-0.2, -0.15) is 0 Å². The zero-order valence-corrected chi connectivity index (χ0v) is 16.6. The molecule has 0 saturated heterocycles. The lowest BCUT2D eigenvalue weighted by atomic mass is 10.0. The molecule has 0 spiro atoms. The van der Waals surface area contributed by atoms with Crippen molar-refractivity contribution in [2.24, 2.45) is 5.92 Å². The molecule has 0 unspecified atom stereocenters. The minimum absolute atomic E-state index is 0.306. The van der Waals surface area contributed by atoms with Gasteiger partial charge in [0.1, 0.15) is 23.4 Å². The van der Waals surface area contributed by atoms with Crippen molar-refractivity contribution in [3.05, 3.63) is 40.2 Å². The van der Waals surface area contributed by atoms with Gasteiger partial charge in [0.15, 0.2) is 6.61 Å². The first-order valence-corrected chi connectivity index (χ1v) is 9.08. The smallest absolute Gasteiger partial charge is 0.336 e. The second-order valence-corrected chi connectivity index (χ2v) is 7.05. The summed E-state index contributed by atoms with van der Waals surface area (Å²) in [6, 6.07) is 4.26. The number of fused-ring (bicyclic) bond motifs is 1. The Balaban J connectivity index is 1.94. The van der Waals surface area contributed by atoms with Gasteiger partial charge in [-0.25, -0.2) is 9.59 Å². The number of carboxylic acids is 1. The van der Waals surface area contributed by atoms with Crippen LogP contribution < -0.4 is 21.0 Å². The molecule has 0 fully saturated rings. The highest BCUT2D eigenvalue weighted by molar-refractivity contribution is 5.90. The van der Waals surface area contributed by atoms with Gasteiger partial charge in [-0.1, -0.05) is 13.8 Å². The van der Waals surface area contributed by atoms with E-state index in [0.717, 1.165) is 10.9 Å². The molecule has 1 aromatic heterocycles. The monoisotopic (exact) mass is 404 g/mol. The quantitative estimate of drug-likeness (QED) is 0.563. The fraction of sp³-hybridized carbons (Fsp3) is 0.400. The minimum Gasteiger partial charge on any atom is -0.484 e. The molecule has 3 N–H and O–H groups in total. The van der Waals surface area contributed by atoms with Crippen LogP contribution in [0.15, 0.2) is 33.5 Å². The fourth-order valence-corrected chi connectivity index (χ4v) is 2.68. The van der Waals surface area contributed by atoms with Crippen LogP contribution in [0.4, 0.5) is 0 Å². The van der Waals surface area contributed by atoms with Gasteiger partial charge in [0.25, 0.3) is 5.91 Å². The Labute approximate surface area is 167 Å². The first kappa shape index (κ1) is 21.9. The van der Waals surface area contributed by atoms with Gasteiger partial charge in [0, 0.05) is 17.5 Å². The van der Waals surface area contributed by atoms with E-state index in [1.807, 2.05) is 0 Å². The van der Waals surface area contributed by atoms with Gasteiger partial charge < -0.3 is 24.9 Å². The van der Waals surface area contributed by atoms with Crippen LogP contribution >= 0.6 is 0 Å². The molecular weight excluding hydrogens is 380 g/mol. The number of nitrogens with one attached hydrogen (secondary N) is 2. The molecule has 0 saturated carbocycles. The highest BCUT2D eigenvalue weighted by atomic mass is 16.5. The molecule has 0 aliphatic heterocycles. The van der Waals surface area contributed by atoms with E-state index < -0.39 is 35.5 Å². The van der Waals surface area contributed by atoms with Crippen molar-refractivity contribution in [3.63, 3.8) is 0 Å². The van der Waals surface area contributed by atoms with Crippen LogP contribution in [0.1, 0.15) is 26.3 Å². The van der Waals surface area contributed by atoms with Crippen LogP contribution in [0.3, 0.4) is 0 Å². The second-order valence-electron chi connectivity index (χ2n) is 7.05. The number of hydrogen-bond acceptors (Lipinski definition) is 6. The summed E-state index contributed by atoms with van der Waals surface area (Å²) in [5.41, 5.74) is 0.626. The maximum absolute atomic E-state index is 12.1. The van der Waals surface area contributed by atoms with Gasteiger partial charge in [-0.15, -0.1) is 0 Å². The fourth-order valence-electron chi connectivity index (χ4n) is 2.68. The molecule has 2 amide bonds. The number of carbonyl (C=O) groups is 3. The Hall–Kier alpha value is -3.36. The Bertz CT molecular complexity index is 980. The molecule has 0 bridgehead atoms. The average molecular weight is 404 g/mol. The van der Waals surface area contributed by atoms with E-state index in [4.69, 9.17) is 14.3 Å². The highest BCUT2D eigenvalue weighted by Gasteiger charge is 2.26. The summed E-state index contributed by atoms with van der Waals surface area (Å²) in [5.74, 6) is -2.30. The van der Waals surface area contributed by atoms with E-state index in [1.165, 1.54) is 19.1 Å². The second kappa shape index (κ2) is 9.22. The van der Waals surface area contributed by atoms with E-state index in [1.54, 1.807) is 32.9 Å². The molecule has 156 valence electrons. The summed E-state index contributed by atoms with van der Waals surface area (Å²) in [6.45, 7) is 6.20. The standard InChI is InChI=1S/C20H24N2O7/c1-10(2)18(20(26)27)22-19(25)12(4)21-16(23)9-28-13-5-6-14-11(3)7-17(24)29-15(14)8-13/h5-8,10,12,18H,9H2,1-4H3,(H,21,23)(H,22,25)(H,26,27)/t12-,18-/m0/s1. The number of rotatable bonds is 8. The van der Waals surface area contributed by atoms with Gasteiger partial charge in [0.2, 0.25) is 5.91 Å². The Morgan fingerprint density at radius 2 is 1.83 bits per heavy atom. The minimum atomic E-state index is -1.14. The average Bonchev–Trinajstić information content (AvgIpc) is 2.63. The normalized spacial score (nSPS) is 13.0. The summed E-state index contributed by atoms with van der Waals surface area (Å²) in [7, 11) is 0. The van der Waals surface area contributed by atoms with Crippen molar-refractivity contribution < 1.29 is 28.6 Å². The van der Waals surface area contributed by atoms with E-state index >= 15 is 0 Å². The molecule has 9 nitrogen and oxygen atoms in total. The number of aliphatic carboxylic acids is 1. The molecule has 2 atom stereocenters.